The summed E-state index contributed by atoms with van der Waals surface area (Å²) in [5.41, 5.74) is 3.21. The number of aromatic nitrogens is 3. The van der Waals surface area contributed by atoms with Crippen LogP contribution in [0.5, 0.6) is 0 Å². The van der Waals surface area contributed by atoms with Crippen molar-refractivity contribution in [1.29, 1.82) is 0 Å². The maximum absolute atomic E-state index is 5.83. The summed E-state index contributed by atoms with van der Waals surface area (Å²) >= 11 is 11.2. The quantitative estimate of drug-likeness (QED) is 0.306. The minimum atomic E-state index is 0.388. The molecular weight excluding hydrogens is 476 g/mol. The van der Waals surface area contributed by atoms with Crippen LogP contribution < -0.4 is 4.90 Å². The first kappa shape index (κ1) is 23.4. The number of halogens is 1. The summed E-state index contributed by atoms with van der Waals surface area (Å²) in [4.78, 5) is 12.2. The minimum absolute atomic E-state index is 0.388. The highest BCUT2D eigenvalue weighted by Crippen LogP contribution is 2.37. The van der Waals surface area contributed by atoms with E-state index in [9.17, 15) is 0 Å². The van der Waals surface area contributed by atoms with Crippen LogP contribution in [0.4, 0.5) is 5.82 Å². The lowest BCUT2D eigenvalue weighted by atomic mass is 10.0. The molecule has 1 aromatic carbocycles. The van der Waals surface area contributed by atoms with Crippen molar-refractivity contribution in [2.24, 2.45) is 0 Å². The van der Waals surface area contributed by atoms with Crippen LogP contribution in [0.15, 0.2) is 22.7 Å². The first-order valence-electron chi connectivity index (χ1n) is 10.7. The van der Waals surface area contributed by atoms with Gasteiger partial charge in [0.05, 0.1) is 5.69 Å². The molecule has 0 fully saturated rings. The molecule has 0 saturated heterocycles. The molecule has 2 atom stereocenters. The molecule has 3 aromatic rings. The predicted octanol–water partition coefficient (Wildman–Crippen LogP) is 7.81. The molecule has 0 aliphatic carbocycles. The fraction of sp³-hybridized carbons (Fsp3) is 0.522. The number of hydrogen-bond donors (Lipinski definition) is 0. The Labute approximate surface area is 197 Å². The fourth-order valence-corrected chi connectivity index (χ4v) is 5.62. The van der Waals surface area contributed by atoms with Gasteiger partial charge in [0.2, 0.25) is 0 Å². The molecule has 2 heterocycles. The highest BCUT2D eigenvalue weighted by molar-refractivity contribution is 9.10. The molecule has 0 bridgehead atoms. The van der Waals surface area contributed by atoms with E-state index in [1.807, 2.05) is 6.92 Å². The van der Waals surface area contributed by atoms with Crippen molar-refractivity contribution >= 4 is 55.6 Å². The molecule has 0 amide bonds. The fourth-order valence-electron chi connectivity index (χ4n) is 3.69. The van der Waals surface area contributed by atoms with E-state index >= 15 is 0 Å². The van der Waals surface area contributed by atoms with E-state index in [1.165, 1.54) is 5.56 Å². The van der Waals surface area contributed by atoms with Gasteiger partial charge in [0.25, 0.3) is 0 Å². The third kappa shape index (κ3) is 4.34. The smallest absolute Gasteiger partial charge is 0.168 e. The van der Waals surface area contributed by atoms with Gasteiger partial charge in [0.1, 0.15) is 10.5 Å². The molecule has 3 rings (SSSR count). The Bertz CT molecular complexity index is 1090. The van der Waals surface area contributed by atoms with Gasteiger partial charge in [0, 0.05) is 16.6 Å². The van der Waals surface area contributed by atoms with Gasteiger partial charge in [-0.1, -0.05) is 45.1 Å². The molecule has 2 unspecified atom stereocenters. The first-order chi connectivity index (χ1) is 14.2. The first-order valence-corrected chi connectivity index (χ1v) is 12.7. The van der Waals surface area contributed by atoms with Gasteiger partial charge in [0.15, 0.2) is 15.4 Å². The summed E-state index contributed by atoms with van der Waals surface area (Å²) in [6, 6.07) is 7.28. The number of anilines is 1. The molecule has 0 radical (unpaired) electrons. The Hall–Kier alpha value is -1.31. The standard InChI is InChI=1S/C23H31BrN4S2/c1-8-14(5)27(15(6)9-2)21-20-22(26-16(7)25-21)28(23(29)30-20)19-11-10-17(13(3)4)12-18(19)24/h10-15H,8-9H2,1-7H3. The van der Waals surface area contributed by atoms with E-state index in [4.69, 9.17) is 22.2 Å². The molecule has 0 spiro atoms. The number of benzene rings is 1. The summed E-state index contributed by atoms with van der Waals surface area (Å²) in [5, 5.41) is 0. The number of rotatable bonds is 7. The van der Waals surface area contributed by atoms with Gasteiger partial charge in [-0.25, -0.2) is 9.97 Å². The summed E-state index contributed by atoms with van der Waals surface area (Å²) in [7, 11) is 0. The van der Waals surface area contributed by atoms with Crippen LogP contribution in [0.25, 0.3) is 16.0 Å². The zero-order valence-electron chi connectivity index (χ0n) is 18.9. The average molecular weight is 508 g/mol. The van der Waals surface area contributed by atoms with Gasteiger partial charge in [-0.2, -0.15) is 0 Å². The Morgan fingerprint density at radius 1 is 1.10 bits per heavy atom. The molecule has 2 aromatic heterocycles. The molecule has 0 aliphatic rings. The van der Waals surface area contributed by atoms with Gasteiger partial charge in [-0.05, 0) is 85.4 Å². The van der Waals surface area contributed by atoms with Crippen LogP contribution in [0.3, 0.4) is 0 Å². The van der Waals surface area contributed by atoms with Crippen molar-refractivity contribution in [1.82, 2.24) is 14.5 Å². The monoisotopic (exact) mass is 506 g/mol. The van der Waals surface area contributed by atoms with E-state index in [1.54, 1.807) is 11.3 Å². The summed E-state index contributed by atoms with van der Waals surface area (Å²) in [6.07, 6.45) is 2.12. The highest BCUT2D eigenvalue weighted by Gasteiger charge is 2.25. The van der Waals surface area contributed by atoms with Crippen molar-refractivity contribution in [2.75, 3.05) is 4.90 Å². The van der Waals surface area contributed by atoms with Gasteiger partial charge in [-0.3, -0.25) is 4.57 Å². The second-order valence-electron chi connectivity index (χ2n) is 8.24. The van der Waals surface area contributed by atoms with Gasteiger partial charge >= 0.3 is 0 Å². The van der Waals surface area contributed by atoms with Gasteiger partial charge in [-0.15, -0.1) is 0 Å². The van der Waals surface area contributed by atoms with Crippen molar-refractivity contribution in [3.63, 3.8) is 0 Å². The summed E-state index contributed by atoms with van der Waals surface area (Å²) < 4.78 is 4.97. The average Bonchev–Trinajstić information content (AvgIpc) is 3.03. The van der Waals surface area contributed by atoms with Crippen molar-refractivity contribution in [2.45, 2.75) is 79.3 Å². The lowest BCUT2D eigenvalue weighted by Crippen LogP contribution is -2.40. The van der Waals surface area contributed by atoms with Crippen LogP contribution in [-0.4, -0.2) is 26.6 Å². The van der Waals surface area contributed by atoms with Crippen molar-refractivity contribution in [3.05, 3.63) is 38.0 Å². The van der Waals surface area contributed by atoms with Crippen LogP contribution >= 0.6 is 39.5 Å². The van der Waals surface area contributed by atoms with Crippen LogP contribution in [0.2, 0.25) is 0 Å². The SMILES string of the molecule is CCC(C)N(c1nc(C)nc2c1sc(=S)n2-c1ccc(C(C)C)cc1Br)C(C)CC. The Kier molecular flexibility index (Phi) is 7.36. The highest BCUT2D eigenvalue weighted by atomic mass is 79.9. The van der Waals surface area contributed by atoms with E-state index in [0.29, 0.717) is 18.0 Å². The van der Waals surface area contributed by atoms with Crippen molar-refractivity contribution in [3.8, 4) is 5.69 Å². The van der Waals surface area contributed by atoms with Crippen LogP contribution in [-0.2, 0) is 0 Å². The topological polar surface area (TPSA) is 34.0 Å². The predicted molar refractivity (Wildman–Crippen MR) is 136 cm³/mol. The largest absolute Gasteiger partial charge is 0.350 e. The summed E-state index contributed by atoms with van der Waals surface area (Å²) in [6.45, 7) is 15.4. The van der Waals surface area contributed by atoms with Crippen molar-refractivity contribution < 1.29 is 0 Å². The number of nitrogens with zero attached hydrogens (tertiary/aromatic N) is 4. The zero-order valence-corrected chi connectivity index (χ0v) is 22.1. The van der Waals surface area contributed by atoms with E-state index in [0.717, 1.165) is 48.9 Å². The van der Waals surface area contributed by atoms with Crippen LogP contribution in [0.1, 0.15) is 71.7 Å². The second-order valence-corrected chi connectivity index (χ2v) is 10.7. The number of thiazole rings is 1. The maximum Gasteiger partial charge on any atom is 0.168 e. The number of aryl methyl sites for hydroxylation is 1. The Morgan fingerprint density at radius 2 is 1.73 bits per heavy atom. The third-order valence-electron chi connectivity index (χ3n) is 5.78. The molecule has 162 valence electrons. The molecular formula is C23H31BrN4S2. The minimum Gasteiger partial charge on any atom is -0.350 e. The zero-order chi connectivity index (χ0) is 22.2. The Balaban J connectivity index is 2.28. The summed E-state index contributed by atoms with van der Waals surface area (Å²) in [5.74, 6) is 2.25. The number of fused-ring (bicyclic) bond motifs is 1. The lowest BCUT2D eigenvalue weighted by Gasteiger charge is -2.35. The molecule has 30 heavy (non-hydrogen) atoms. The van der Waals surface area contributed by atoms with E-state index in [2.05, 4.69) is 85.1 Å². The van der Waals surface area contributed by atoms with Gasteiger partial charge < -0.3 is 4.90 Å². The molecule has 4 nitrogen and oxygen atoms in total. The second kappa shape index (κ2) is 9.45. The Morgan fingerprint density at radius 3 is 2.27 bits per heavy atom. The van der Waals surface area contributed by atoms with E-state index in [-0.39, 0.29) is 0 Å². The third-order valence-corrected chi connectivity index (χ3v) is 7.77. The number of hydrogen-bond acceptors (Lipinski definition) is 5. The normalized spacial score (nSPS) is 13.8. The maximum atomic E-state index is 5.83. The molecule has 0 saturated carbocycles. The van der Waals surface area contributed by atoms with Crippen LogP contribution in [0, 0.1) is 10.9 Å². The molecule has 0 aliphatic heterocycles. The molecule has 7 heteroatoms. The lowest BCUT2D eigenvalue weighted by molar-refractivity contribution is 0.523. The van der Waals surface area contributed by atoms with E-state index < -0.39 is 0 Å². The molecule has 0 N–H and O–H groups in total.